The molecule has 0 saturated carbocycles. The van der Waals surface area contributed by atoms with Crippen molar-refractivity contribution in [2.75, 3.05) is 27.2 Å². The van der Waals surface area contributed by atoms with E-state index in [1.165, 1.54) is 6.07 Å². The molecule has 0 aliphatic rings. The average Bonchev–Trinajstić information content (AvgIpc) is 3.61. The van der Waals surface area contributed by atoms with Crippen molar-refractivity contribution >= 4 is 33.1 Å². The van der Waals surface area contributed by atoms with Gasteiger partial charge in [-0.2, -0.15) is 9.49 Å². The molecule has 36 heavy (non-hydrogen) atoms. The van der Waals surface area contributed by atoms with Crippen LogP contribution < -0.4 is 4.74 Å². The Balaban J connectivity index is 1.37. The molecule has 0 unspecified atom stereocenters. The lowest BCUT2D eigenvalue weighted by Gasteiger charge is -2.11. The van der Waals surface area contributed by atoms with Crippen molar-refractivity contribution in [2.45, 2.75) is 0 Å². The molecule has 10 heteroatoms. The van der Waals surface area contributed by atoms with Crippen LogP contribution in [-0.4, -0.2) is 62.3 Å². The zero-order valence-corrected chi connectivity index (χ0v) is 20.4. The van der Waals surface area contributed by atoms with Crippen molar-refractivity contribution in [3.8, 4) is 39.0 Å². The van der Waals surface area contributed by atoms with Gasteiger partial charge in [0.25, 0.3) is 0 Å². The third-order valence-corrected chi connectivity index (χ3v) is 6.75. The molecular weight excluding hydrogens is 477 g/mol. The number of halogens is 1. The van der Waals surface area contributed by atoms with Crippen LogP contribution >= 0.6 is 11.3 Å². The highest BCUT2D eigenvalue weighted by molar-refractivity contribution is 7.13. The Bertz CT molecular complexity index is 1690. The number of hydrogen-bond donors (Lipinski definition) is 2. The number of hydrogen-bond acceptors (Lipinski definition) is 7. The summed E-state index contributed by atoms with van der Waals surface area (Å²) in [6.07, 6.45) is 6.97. The Hall–Kier alpha value is -4.15. The van der Waals surface area contributed by atoms with E-state index < -0.39 is 0 Å². The molecule has 6 aromatic heterocycles. The molecule has 0 aliphatic heterocycles. The third-order valence-electron chi connectivity index (χ3n) is 5.87. The maximum atomic E-state index is 13.7. The summed E-state index contributed by atoms with van der Waals surface area (Å²) in [4.78, 5) is 19.7. The molecule has 0 fully saturated rings. The van der Waals surface area contributed by atoms with Crippen molar-refractivity contribution in [1.82, 2.24) is 35.0 Å². The second kappa shape index (κ2) is 9.14. The van der Waals surface area contributed by atoms with E-state index in [1.54, 1.807) is 30.9 Å². The Morgan fingerprint density at radius 3 is 2.69 bits per heavy atom. The van der Waals surface area contributed by atoms with Crippen LogP contribution in [0.3, 0.4) is 0 Å². The molecule has 0 spiro atoms. The lowest BCUT2D eigenvalue weighted by molar-refractivity contribution is 0.261. The van der Waals surface area contributed by atoms with Gasteiger partial charge in [0.05, 0.1) is 39.9 Å². The lowest BCUT2D eigenvalue weighted by atomic mass is 10.1. The summed E-state index contributed by atoms with van der Waals surface area (Å²) < 4.78 is 19.5. The highest BCUT2D eigenvalue weighted by Gasteiger charge is 2.16. The van der Waals surface area contributed by atoms with Gasteiger partial charge >= 0.3 is 0 Å². The molecule has 0 saturated heterocycles. The van der Waals surface area contributed by atoms with Gasteiger partial charge in [-0.15, -0.1) is 11.3 Å². The zero-order chi connectivity index (χ0) is 24.6. The number of fused-ring (bicyclic) bond motifs is 2. The number of aromatic amines is 2. The van der Waals surface area contributed by atoms with Crippen molar-refractivity contribution < 1.29 is 9.13 Å². The van der Waals surface area contributed by atoms with E-state index in [1.807, 2.05) is 38.4 Å². The van der Waals surface area contributed by atoms with Gasteiger partial charge in [0, 0.05) is 40.8 Å². The minimum Gasteiger partial charge on any atom is -0.491 e. The molecule has 6 rings (SSSR count). The molecule has 8 nitrogen and oxygen atoms in total. The summed E-state index contributed by atoms with van der Waals surface area (Å²) in [5.41, 5.74) is 5.68. The number of nitrogens with zero attached hydrogens (tertiary/aromatic N) is 5. The SMILES string of the molecule is CN(C)CCOc1cncc(-c2cc3c(-c4cc5c(-c6ccc(F)s6)nccc5[nH]4)n[nH]c3cn2)c1. The van der Waals surface area contributed by atoms with Gasteiger partial charge in [-0.25, -0.2) is 0 Å². The predicted octanol–water partition coefficient (Wildman–Crippen LogP) is 5.37. The van der Waals surface area contributed by atoms with Gasteiger partial charge in [-0.3, -0.25) is 20.1 Å². The molecule has 0 atom stereocenters. The Labute approximate surface area is 209 Å². The first-order valence-electron chi connectivity index (χ1n) is 11.4. The van der Waals surface area contributed by atoms with Crippen LogP contribution in [0.25, 0.3) is 55.0 Å². The number of pyridine rings is 3. The standard InChI is InChI=1S/C26H22FN7OS/c1-34(2)7-8-35-16-9-15(12-28-13-16)20-10-18-22(14-30-20)32-33-25(18)21-11-17-19(31-21)5-6-29-26(17)23-3-4-24(27)36-23/h3-6,9-14,31H,7-8H2,1-2H3,(H,32,33). The van der Waals surface area contributed by atoms with Crippen molar-refractivity contribution in [3.63, 3.8) is 0 Å². The van der Waals surface area contributed by atoms with Crippen molar-refractivity contribution in [2.24, 2.45) is 0 Å². The highest BCUT2D eigenvalue weighted by Crippen LogP contribution is 2.35. The Morgan fingerprint density at radius 1 is 0.972 bits per heavy atom. The average molecular weight is 500 g/mol. The number of aromatic nitrogens is 6. The second-order valence-corrected chi connectivity index (χ2v) is 9.69. The minimum absolute atomic E-state index is 0.237. The zero-order valence-electron chi connectivity index (χ0n) is 19.6. The number of ether oxygens (including phenoxy) is 1. The normalized spacial score (nSPS) is 11.7. The molecule has 0 aliphatic carbocycles. The molecular formula is C26H22FN7OS. The predicted molar refractivity (Wildman–Crippen MR) is 140 cm³/mol. The van der Waals surface area contributed by atoms with Crippen molar-refractivity contribution in [3.05, 3.63) is 66.3 Å². The highest BCUT2D eigenvalue weighted by atomic mass is 32.1. The molecule has 0 radical (unpaired) electrons. The second-order valence-electron chi connectivity index (χ2n) is 8.66. The minimum atomic E-state index is -0.237. The van der Waals surface area contributed by atoms with Crippen LogP contribution in [0.1, 0.15) is 0 Å². The first-order valence-corrected chi connectivity index (χ1v) is 12.2. The summed E-state index contributed by atoms with van der Waals surface area (Å²) in [5, 5.41) is 9.22. The summed E-state index contributed by atoms with van der Waals surface area (Å²) in [6.45, 7) is 1.39. The van der Waals surface area contributed by atoms with E-state index in [4.69, 9.17) is 4.74 Å². The monoisotopic (exact) mass is 499 g/mol. The van der Waals surface area contributed by atoms with Gasteiger partial charge in [-0.1, -0.05) is 0 Å². The molecule has 0 amide bonds. The fourth-order valence-electron chi connectivity index (χ4n) is 4.08. The van der Waals surface area contributed by atoms with E-state index in [-0.39, 0.29) is 5.13 Å². The molecule has 6 aromatic rings. The van der Waals surface area contributed by atoms with Crippen LogP contribution in [0.4, 0.5) is 4.39 Å². The number of H-pyrrole nitrogens is 2. The smallest absolute Gasteiger partial charge is 0.177 e. The fourth-order valence-corrected chi connectivity index (χ4v) is 4.82. The summed E-state index contributed by atoms with van der Waals surface area (Å²) in [7, 11) is 4.01. The Kier molecular flexibility index (Phi) is 5.67. The van der Waals surface area contributed by atoms with E-state index in [0.717, 1.165) is 72.9 Å². The van der Waals surface area contributed by atoms with Crippen LogP contribution in [0.15, 0.2) is 61.2 Å². The van der Waals surface area contributed by atoms with E-state index in [0.29, 0.717) is 12.4 Å². The van der Waals surface area contributed by atoms with E-state index >= 15 is 0 Å². The first kappa shape index (κ1) is 22.3. The Morgan fingerprint density at radius 2 is 1.86 bits per heavy atom. The van der Waals surface area contributed by atoms with Crippen LogP contribution in [-0.2, 0) is 0 Å². The fraction of sp³-hybridized carbons (Fsp3) is 0.154. The van der Waals surface area contributed by atoms with E-state index in [9.17, 15) is 4.39 Å². The summed E-state index contributed by atoms with van der Waals surface area (Å²) in [5.74, 6) is 0.698. The van der Waals surface area contributed by atoms with Gasteiger partial charge in [0.2, 0.25) is 0 Å². The summed E-state index contributed by atoms with van der Waals surface area (Å²) in [6, 6.07) is 11.1. The summed E-state index contributed by atoms with van der Waals surface area (Å²) >= 11 is 1.08. The van der Waals surface area contributed by atoms with E-state index in [2.05, 4.69) is 35.0 Å². The van der Waals surface area contributed by atoms with Gasteiger partial charge < -0.3 is 14.6 Å². The van der Waals surface area contributed by atoms with Crippen LogP contribution in [0.2, 0.25) is 0 Å². The topological polar surface area (TPSA) is 95.6 Å². The van der Waals surface area contributed by atoms with Gasteiger partial charge in [-0.05, 0) is 50.5 Å². The maximum Gasteiger partial charge on any atom is 0.177 e. The van der Waals surface area contributed by atoms with Gasteiger partial charge in [0.15, 0.2) is 5.13 Å². The largest absolute Gasteiger partial charge is 0.491 e. The molecule has 2 N–H and O–H groups in total. The first-order chi connectivity index (χ1) is 17.5. The molecule has 0 bridgehead atoms. The lowest BCUT2D eigenvalue weighted by Crippen LogP contribution is -2.19. The number of thiophene rings is 1. The molecule has 6 heterocycles. The van der Waals surface area contributed by atoms with Gasteiger partial charge in [0.1, 0.15) is 18.1 Å². The number of rotatable bonds is 7. The quantitative estimate of drug-likeness (QED) is 0.307. The maximum absolute atomic E-state index is 13.7. The third kappa shape index (κ3) is 4.21. The number of nitrogens with one attached hydrogen (secondary N) is 2. The number of likely N-dealkylation sites (N-methyl/N-ethyl adjacent to an activating group) is 1. The molecule has 180 valence electrons. The molecule has 0 aromatic carbocycles. The van der Waals surface area contributed by atoms with Crippen LogP contribution in [0.5, 0.6) is 5.75 Å². The van der Waals surface area contributed by atoms with Crippen LogP contribution in [0, 0.1) is 5.13 Å². The van der Waals surface area contributed by atoms with Crippen molar-refractivity contribution in [1.29, 1.82) is 0 Å².